The Balaban J connectivity index is 1.98. The number of amides is 1. The van der Waals surface area contributed by atoms with Crippen LogP contribution in [-0.2, 0) is 16.1 Å². The van der Waals surface area contributed by atoms with Gasteiger partial charge in [-0.05, 0) is 29.7 Å². The van der Waals surface area contributed by atoms with Crippen molar-refractivity contribution < 1.29 is 19.4 Å². The Morgan fingerprint density at radius 1 is 1.12 bits per heavy atom. The number of rotatable bonds is 7. The largest absolute Gasteiger partial charge is 0.481 e. The Labute approximate surface area is 145 Å². The number of carboxylic acid groups (broad SMARTS) is 1. The van der Waals surface area contributed by atoms with Crippen LogP contribution in [0.15, 0.2) is 54.6 Å². The molecule has 0 radical (unpaired) electrons. The van der Waals surface area contributed by atoms with E-state index in [0.29, 0.717) is 5.02 Å². The average Bonchev–Trinajstić information content (AvgIpc) is 2.57. The van der Waals surface area contributed by atoms with Crippen molar-refractivity contribution >= 4 is 23.7 Å². The number of carbonyl (C=O) groups excluding carboxylic acids is 1. The van der Waals surface area contributed by atoms with E-state index in [-0.39, 0.29) is 19.4 Å². The lowest BCUT2D eigenvalue weighted by Gasteiger charge is -2.18. The van der Waals surface area contributed by atoms with Gasteiger partial charge in [0.15, 0.2) is 0 Å². The number of benzene rings is 2. The second-order valence-electron chi connectivity index (χ2n) is 5.25. The maximum absolute atomic E-state index is 12.0. The first-order valence-electron chi connectivity index (χ1n) is 7.49. The molecule has 126 valence electrons. The van der Waals surface area contributed by atoms with Gasteiger partial charge in [0.05, 0.1) is 6.04 Å². The van der Waals surface area contributed by atoms with E-state index < -0.39 is 18.1 Å². The minimum atomic E-state index is -0.929. The summed E-state index contributed by atoms with van der Waals surface area (Å²) in [5, 5.41) is 12.1. The molecule has 0 aliphatic rings. The predicted octanol–water partition coefficient (Wildman–Crippen LogP) is 4.17. The molecule has 1 amide bonds. The summed E-state index contributed by atoms with van der Waals surface area (Å²) in [4.78, 5) is 22.8. The molecule has 2 aromatic rings. The topological polar surface area (TPSA) is 75.6 Å². The Hall–Kier alpha value is -2.53. The van der Waals surface area contributed by atoms with Crippen molar-refractivity contribution in [3.05, 3.63) is 70.7 Å². The molecule has 0 aliphatic heterocycles. The van der Waals surface area contributed by atoms with Crippen molar-refractivity contribution in [2.45, 2.75) is 25.5 Å². The number of alkyl carbamates (subject to hydrolysis) is 1. The fraction of sp³-hybridized carbons (Fsp3) is 0.222. The summed E-state index contributed by atoms with van der Waals surface area (Å²) in [7, 11) is 0. The molecule has 0 heterocycles. The molecule has 6 heteroatoms. The molecular weight excluding hydrogens is 330 g/mol. The van der Waals surface area contributed by atoms with Crippen LogP contribution in [0.5, 0.6) is 0 Å². The predicted molar refractivity (Wildman–Crippen MR) is 90.8 cm³/mol. The van der Waals surface area contributed by atoms with Gasteiger partial charge in [0.1, 0.15) is 6.61 Å². The van der Waals surface area contributed by atoms with Crippen LogP contribution in [0.4, 0.5) is 4.79 Å². The molecule has 0 spiro atoms. The van der Waals surface area contributed by atoms with Crippen LogP contribution < -0.4 is 5.32 Å². The minimum Gasteiger partial charge on any atom is -0.481 e. The molecule has 24 heavy (non-hydrogen) atoms. The van der Waals surface area contributed by atoms with Gasteiger partial charge < -0.3 is 15.2 Å². The Morgan fingerprint density at radius 2 is 1.88 bits per heavy atom. The number of hydrogen-bond acceptors (Lipinski definition) is 3. The SMILES string of the molecule is O=C(O)CCC(NC(=O)OCc1ccccc1)c1cccc(Cl)c1. The molecule has 0 aliphatic carbocycles. The van der Waals surface area contributed by atoms with Crippen LogP contribution >= 0.6 is 11.6 Å². The smallest absolute Gasteiger partial charge is 0.407 e. The van der Waals surface area contributed by atoms with Crippen molar-refractivity contribution in [2.75, 3.05) is 0 Å². The van der Waals surface area contributed by atoms with E-state index in [0.717, 1.165) is 11.1 Å². The molecule has 0 saturated heterocycles. The highest BCUT2D eigenvalue weighted by molar-refractivity contribution is 6.30. The molecular formula is C18H18ClNO4. The number of halogens is 1. The highest BCUT2D eigenvalue weighted by Gasteiger charge is 2.17. The van der Waals surface area contributed by atoms with E-state index in [1.54, 1.807) is 24.3 Å². The van der Waals surface area contributed by atoms with E-state index in [1.807, 2.05) is 30.3 Å². The van der Waals surface area contributed by atoms with Gasteiger partial charge in [0.25, 0.3) is 0 Å². The second kappa shape index (κ2) is 8.93. The summed E-state index contributed by atoms with van der Waals surface area (Å²) < 4.78 is 5.19. The third kappa shape index (κ3) is 5.93. The van der Waals surface area contributed by atoms with Crippen LogP contribution in [0.2, 0.25) is 5.02 Å². The van der Waals surface area contributed by atoms with Crippen molar-refractivity contribution in [3.63, 3.8) is 0 Å². The first kappa shape index (κ1) is 17.8. The van der Waals surface area contributed by atoms with Gasteiger partial charge in [-0.3, -0.25) is 4.79 Å². The quantitative estimate of drug-likeness (QED) is 0.788. The van der Waals surface area contributed by atoms with Crippen LogP contribution in [-0.4, -0.2) is 17.2 Å². The van der Waals surface area contributed by atoms with Gasteiger partial charge in [0.2, 0.25) is 0 Å². The van der Waals surface area contributed by atoms with E-state index in [9.17, 15) is 9.59 Å². The minimum absolute atomic E-state index is 0.0733. The van der Waals surface area contributed by atoms with Gasteiger partial charge in [-0.2, -0.15) is 0 Å². The van der Waals surface area contributed by atoms with E-state index in [1.165, 1.54) is 0 Å². The van der Waals surface area contributed by atoms with Crippen molar-refractivity contribution in [2.24, 2.45) is 0 Å². The summed E-state index contributed by atoms with van der Waals surface area (Å²) in [6, 6.07) is 15.8. The lowest BCUT2D eigenvalue weighted by Crippen LogP contribution is -2.29. The molecule has 0 bridgehead atoms. The van der Waals surface area contributed by atoms with Crippen LogP contribution in [0.3, 0.4) is 0 Å². The normalized spacial score (nSPS) is 11.5. The zero-order chi connectivity index (χ0) is 17.4. The maximum Gasteiger partial charge on any atom is 0.407 e. The Morgan fingerprint density at radius 3 is 2.54 bits per heavy atom. The maximum atomic E-state index is 12.0. The Bertz CT molecular complexity index is 690. The van der Waals surface area contributed by atoms with Gasteiger partial charge in [-0.25, -0.2) is 4.79 Å². The molecule has 2 aromatic carbocycles. The zero-order valence-electron chi connectivity index (χ0n) is 12.9. The lowest BCUT2D eigenvalue weighted by molar-refractivity contribution is -0.137. The summed E-state index contributed by atoms with van der Waals surface area (Å²) in [6.45, 7) is 0.147. The molecule has 1 unspecified atom stereocenters. The first-order chi connectivity index (χ1) is 11.5. The molecule has 2 rings (SSSR count). The fourth-order valence-corrected chi connectivity index (χ4v) is 2.42. The number of carbonyl (C=O) groups is 2. The van der Waals surface area contributed by atoms with Crippen molar-refractivity contribution in [1.29, 1.82) is 0 Å². The Kier molecular flexibility index (Phi) is 6.63. The summed E-state index contributed by atoms with van der Waals surface area (Å²) in [5.41, 5.74) is 1.61. The van der Waals surface area contributed by atoms with E-state index in [2.05, 4.69) is 5.32 Å². The highest BCUT2D eigenvalue weighted by atomic mass is 35.5. The van der Waals surface area contributed by atoms with Gasteiger partial charge in [0, 0.05) is 11.4 Å². The number of carboxylic acids is 1. The third-order valence-corrected chi connectivity index (χ3v) is 3.64. The van der Waals surface area contributed by atoms with Crippen molar-refractivity contribution in [1.82, 2.24) is 5.32 Å². The third-order valence-electron chi connectivity index (χ3n) is 3.40. The second-order valence-corrected chi connectivity index (χ2v) is 5.68. The molecule has 1 atom stereocenters. The monoisotopic (exact) mass is 347 g/mol. The van der Waals surface area contributed by atoms with Gasteiger partial charge in [-0.15, -0.1) is 0 Å². The van der Waals surface area contributed by atoms with Gasteiger partial charge >= 0.3 is 12.1 Å². The summed E-state index contributed by atoms with van der Waals surface area (Å²) in [6.07, 6.45) is -0.430. The molecule has 2 N–H and O–H groups in total. The standard InChI is InChI=1S/C18H18ClNO4/c19-15-8-4-7-14(11-15)16(9-10-17(21)22)20-18(23)24-12-13-5-2-1-3-6-13/h1-8,11,16H,9-10,12H2,(H,20,23)(H,21,22). The van der Waals surface area contributed by atoms with Crippen LogP contribution in [0.1, 0.15) is 30.0 Å². The summed E-state index contributed by atoms with van der Waals surface area (Å²) >= 11 is 5.97. The molecule has 0 fully saturated rings. The van der Waals surface area contributed by atoms with E-state index in [4.69, 9.17) is 21.4 Å². The zero-order valence-corrected chi connectivity index (χ0v) is 13.7. The number of ether oxygens (including phenoxy) is 1. The van der Waals surface area contributed by atoms with E-state index >= 15 is 0 Å². The fourth-order valence-electron chi connectivity index (χ4n) is 2.22. The summed E-state index contributed by atoms with van der Waals surface area (Å²) in [5.74, 6) is -0.929. The number of aliphatic carboxylic acids is 1. The lowest BCUT2D eigenvalue weighted by atomic mass is 10.0. The van der Waals surface area contributed by atoms with Gasteiger partial charge in [-0.1, -0.05) is 54.1 Å². The first-order valence-corrected chi connectivity index (χ1v) is 7.87. The number of hydrogen-bond donors (Lipinski definition) is 2. The van der Waals surface area contributed by atoms with Crippen LogP contribution in [0.25, 0.3) is 0 Å². The molecule has 0 aromatic heterocycles. The molecule has 0 saturated carbocycles. The molecule has 5 nitrogen and oxygen atoms in total. The van der Waals surface area contributed by atoms with Crippen molar-refractivity contribution in [3.8, 4) is 0 Å². The number of nitrogens with one attached hydrogen (secondary N) is 1. The highest BCUT2D eigenvalue weighted by Crippen LogP contribution is 2.22. The van der Waals surface area contributed by atoms with Crippen LogP contribution in [0, 0.1) is 0 Å². The average molecular weight is 348 g/mol.